The molecule has 0 fully saturated rings. The second-order valence-corrected chi connectivity index (χ2v) is 7.59. The van der Waals surface area contributed by atoms with Gasteiger partial charge in [-0.1, -0.05) is 12.1 Å². The van der Waals surface area contributed by atoms with Crippen LogP contribution in [0.4, 0.5) is 0 Å². The van der Waals surface area contributed by atoms with Gasteiger partial charge in [-0.05, 0) is 79.9 Å². The van der Waals surface area contributed by atoms with Crippen molar-refractivity contribution in [3.63, 3.8) is 0 Å². The molecule has 0 atom stereocenters. The Morgan fingerprint density at radius 1 is 1.03 bits per heavy atom. The fourth-order valence-electron chi connectivity index (χ4n) is 3.32. The van der Waals surface area contributed by atoms with Gasteiger partial charge in [-0.25, -0.2) is 0 Å². The van der Waals surface area contributed by atoms with Crippen molar-refractivity contribution in [2.24, 2.45) is 0 Å². The van der Waals surface area contributed by atoms with E-state index in [4.69, 9.17) is 18.6 Å². The van der Waals surface area contributed by atoms with E-state index in [9.17, 15) is 10.1 Å². The van der Waals surface area contributed by atoms with Crippen molar-refractivity contribution >= 4 is 12.0 Å². The molecule has 7 nitrogen and oxygen atoms in total. The number of hydrogen-bond acceptors (Lipinski definition) is 6. The van der Waals surface area contributed by atoms with Crippen LogP contribution in [0.3, 0.4) is 0 Å². The number of rotatable bonds is 11. The van der Waals surface area contributed by atoms with Crippen molar-refractivity contribution < 1.29 is 23.4 Å². The van der Waals surface area contributed by atoms with Crippen molar-refractivity contribution in [3.05, 3.63) is 82.8 Å². The average molecular weight is 461 g/mol. The molecule has 1 amide bonds. The number of hydrogen-bond donors (Lipinski definition) is 1. The van der Waals surface area contributed by atoms with E-state index in [-0.39, 0.29) is 12.1 Å². The summed E-state index contributed by atoms with van der Waals surface area (Å²) in [5, 5.41) is 12.1. The first-order chi connectivity index (χ1) is 16.5. The molecular formula is C27H28N2O5. The van der Waals surface area contributed by atoms with Crippen LogP contribution in [0.1, 0.15) is 29.4 Å². The number of amides is 1. The van der Waals surface area contributed by atoms with Gasteiger partial charge in [0, 0.05) is 0 Å². The number of nitrogens with zero attached hydrogens (tertiary/aromatic N) is 1. The second-order valence-electron chi connectivity index (χ2n) is 7.59. The number of carbonyl (C=O) groups excluding carboxylic acids is 1. The van der Waals surface area contributed by atoms with Gasteiger partial charge in [0.2, 0.25) is 0 Å². The highest BCUT2D eigenvalue weighted by Gasteiger charge is 2.12. The minimum atomic E-state index is -0.485. The Hall–Kier alpha value is -4.18. The van der Waals surface area contributed by atoms with Gasteiger partial charge in [0.25, 0.3) is 5.91 Å². The van der Waals surface area contributed by atoms with E-state index in [2.05, 4.69) is 11.4 Å². The van der Waals surface area contributed by atoms with Gasteiger partial charge in [0.05, 0.1) is 19.4 Å². The highest BCUT2D eigenvalue weighted by Crippen LogP contribution is 2.29. The zero-order chi connectivity index (χ0) is 24.3. The third kappa shape index (κ3) is 7.17. The number of ether oxygens (including phenoxy) is 3. The molecule has 0 saturated carbocycles. The van der Waals surface area contributed by atoms with Crippen LogP contribution < -0.4 is 19.5 Å². The lowest BCUT2D eigenvalue weighted by atomic mass is 10.1. The Labute approximate surface area is 199 Å². The van der Waals surface area contributed by atoms with E-state index in [1.807, 2.05) is 39.0 Å². The molecule has 0 aliphatic rings. The summed E-state index contributed by atoms with van der Waals surface area (Å²) in [6.45, 7) is 7.29. The Balaban J connectivity index is 1.62. The number of carbonyl (C=O) groups is 1. The predicted octanol–water partition coefficient (Wildman–Crippen LogP) is 4.98. The van der Waals surface area contributed by atoms with Crippen LogP contribution in [0, 0.1) is 25.2 Å². The number of benzene rings is 2. The van der Waals surface area contributed by atoms with E-state index in [0.717, 1.165) is 16.9 Å². The Kier molecular flexibility index (Phi) is 8.75. The first-order valence-corrected chi connectivity index (χ1v) is 11.0. The highest BCUT2D eigenvalue weighted by molar-refractivity contribution is 6.01. The maximum absolute atomic E-state index is 12.4. The van der Waals surface area contributed by atoms with Crippen molar-refractivity contribution in [3.8, 4) is 23.3 Å². The number of aryl methyl sites for hydroxylation is 2. The number of nitriles is 1. The van der Waals surface area contributed by atoms with Crippen LogP contribution >= 0.6 is 0 Å². The van der Waals surface area contributed by atoms with Gasteiger partial charge in [0.1, 0.15) is 36.4 Å². The Bertz CT molecular complexity index is 1160. The molecule has 0 saturated heterocycles. The lowest BCUT2D eigenvalue weighted by Crippen LogP contribution is -2.23. The van der Waals surface area contributed by atoms with Gasteiger partial charge in [-0.2, -0.15) is 5.26 Å². The summed E-state index contributed by atoms with van der Waals surface area (Å²) >= 11 is 0. The zero-order valence-electron chi connectivity index (χ0n) is 19.6. The van der Waals surface area contributed by atoms with Gasteiger partial charge in [0.15, 0.2) is 11.5 Å². The molecule has 34 heavy (non-hydrogen) atoms. The summed E-state index contributed by atoms with van der Waals surface area (Å²) in [6.07, 6.45) is 3.03. The maximum atomic E-state index is 12.4. The molecule has 0 radical (unpaired) electrons. The van der Waals surface area contributed by atoms with Crippen LogP contribution in [0.25, 0.3) is 6.08 Å². The molecule has 0 unspecified atom stereocenters. The SMILES string of the molecule is CCOc1cc(C=C(C#N)C(=O)NCc2ccco2)ccc1OCCOc1cc(C)cc(C)c1. The van der Waals surface area contributed by atoms with E-state index in [1.54, 1.807) is 30.3 Å². The van der Waals surface area contributed by atoms with Crippen molar-refractivity contribution in [2.75, 3.05) is 19.8 Å². The molecular weight excluding hydrogens is 432 g/mol. The molecule has 1 heterocycles. The lowest BCUT2D eigenvalue weighted by molar-refractivity contribution is -0.117. The summed E-state index contributed by atoms with van der Waals surface area (Å²) in [6, 6.07) is 16.7. The monoisotopic (exact) mass is 460 g/mol. The van der Waals surface area contributed by atoms with E-state index < -0.39 is 5.91 Å². The highest BCUT2D eigenvalue weighted by atomic mass is 16.5. The third-order valence-corrected chi connectivity index (χ3v) is 4.75. The lowest BCUT2D eigenvalue weighted by Gasteiger charge is -2.14. The molecule has 3 rings (SSSR count). The first-order valence-electron chi connectivity index (χ1n) is 11.0. The van der Waals surface area contributed by atoms with Crippen LogP contribution in [-0.2, 0) is 11.3 Å². The van der Waals surface area contributed by atoms with Crippen molar-refractivity contribution in [2.45, 2.75) is 27.3 Å². The van der Waals surface area contributed by atoms with Crippen molar-refractivity contribution in [1.29, 1.82) is 5.26 Å². The molecule has 1 N–H and O–H groups in total. The van der Waals surface area contributed by atoms with Crippen LogP contribution in [-0.4, -0.2) is 25.7 Å². The van der Waals surface area contributed by atoms with Gasteiger partial charge < -0.3 is 23.9 Å². The molecule has 0 aliphatic heterocycles. The van der Waals surface area contributed by atoms with E-state index in [1.165, 1.54) is 12.3 Å². The Morgan fingerprint density at radius 2 is 1.79 bits per heavy atom. The van der Waals surface area contributed by atoms with E-state index >= 15 is 0 Å². The summed E-state index contributed by atoms with van der Waals surface area (Å²) < 4.78 is 22.6. The number of nitrogens with one attached hydrogen (secondary N) is 1. The summed E-state index contributed by atoms with van der Waals surface area (Å²) in [5.41, 5.74) is 2.91. The third-order valence-electron chi connectivity index (χ3n) is 4.75. The minimum absolute atomic E-state index is 0.0236. The average Bonchev–Trinajstić information content (AvgIpc) is 3.33. The van der Waals surface area contributed by atoms with Crippen molar-refractivity contribution in [1.82, 2.24) is 5.32 Å². The smallest absolute Gasteiger partial charge is 0.262 e. The normalized spacial score (nSPS) is 10.9. The minimum Gasteiger partial charge on any atom is -0.490 e. The Morgan fingerprint density at radius 3 is 2.47 bits per heavy atom. The van der Waals surface area contributed by atoms with Crippen LogP contribution in [0.2, 0.25) is 0 Å². The molecule has 1 aromatic heterocycles. The second kappa shape index (κ2) is 12.2. The topological polar surface area (TPSA) is 93.7 Å². The van der Waals surface area contributed by atoms with Gasteiger partial charge in [-0.3, -0.25) is 4.79 Å². The summed E-state index contributed by atoms with van der Waals surface area (Å²) in [4.78, 5) is 12.4. The summed E-state index contributed by atoms with van der Waals surface area (Å²) in [7, 11) is 0. The fraction of sp³-hybridized carbons (Fsp3) is 0.259. The van der Waals surface area contributed by atoms with Crippen LogP contribution in [0.5, 0.6) is 17.2 Å². The predicted molar refractivity (Wildman–Crippen MR) is 129 cm³/mol. The fourth-order valence-corrected chi connectivity index (χ4v) is 3.32. The first kappa shape index (κ1) is 24.5. The van der Waals surface area contributed by atoms with Gasteiger partial charge in [-0.15, -0.1) is 0 Å². The largest absolute Gasteiger partial charge is 0.490 e. The molecule has 0 bridgehead atoms. The van der Waals surface area contributed by atoms with Crippen LogP contribution in [0.15, 0.2) is 64.8 Å². The standard InChI is InChI=1S/C27H28N2O5/c1-4-31-26-16-21(15-22(17-28)27(30)29-18-23-6-5-9-32-23)7-8-25(26)34-11-10-33-24-13-19(2)12-20(3)14-24/h5-9,12-16H,4,10-11,18H2,1-3H3,(H,29,30). The molecule has 2 aromatic carbocycles. The molecule has 7 heteroatoms. The quantitative estimate of drug-likeness (QED) is 0.247. The van der Waals surface area contributed by atoms with E-state index in [0.29, 0.717) is 42.6 Å². The summed E-state index contributed by atoms with van der Waals surface area (Å²) in [5.74, 6) is 2.01. The molecule has 0 spiro atoms. The number of furan rings is 1. The van der Waals surface area contributed by atoms with Gasteiger partial charge >= 0.3 is 0 Å². The molecule has 176 valence electrons. The molecule has 0 aliphatic carbocycles. The molecule has 3 aromatic rings. The zero-order valence-corrected chi connectivity index (χ0v) is 19.6. The maximum Gasteiger partial charge on any atom is 0.262 e.